The van der Waals surface area contributed by atoms with Gasteiger partial charge in [0.15, 0.2) is 0 Å². The molecule has 4 amide bonds. The van der Waals surface area contributed by atoms with Crippen LogP contribution in [0.15, 0.2) is 78.9 Å². The molecule has 0 heterocycles. The fourth-order valence-electron chi connectivity index (χ4n) is 5.77. The number of hydrogen-bond donors (Lipinski definition) is 4. The number of rotatable bonds is 20. The summed E-state index contributed by atoms with van der Waals surface area (Å²) in [6.07, 6.45) is 2.83. The molecule has 13 heteroatoms. The maximum absolute atomic E-state index is 14.0. The van der Waals surface area contributed by atoms with Crippen LogP contribution < -0.4 is 25.6 Å². The fourth-order valence-corrected chi connectivity index (χ4v) is 6.25. The van der Waals surface area contributed by atoms with Crippen LogP contribution in [0.1, 0.15) is 72.9 Å². The van der Waals surface area contributed by atoms with E-state index in [1.54, 1.807) is 11.8 Å². The number of sulfonamides is 1. The summed E-state index contributed by atoms with van der Waals surface area (Å²) in [5, 5.41) is 11.8. The number of carbonyl (C=O) groups is 4. The van der Waals surface area contributed by atoms with Crippen LogP contribution in [-0.2, 0) is 32.5 Å². The molecule has 0 bridgehead atoms. The van der Waals surface area contributed by atoms with Gasteiger partial charge in [-0.2, -0.15) is 0 Å². The minimum absolute atomic E-state index is 0.117. The highest BCUT2D eigenvalue weighted by Crippen LogP contribution is 2.23. The van der Waals surface area contributed by atoms with Crippen molar-refractivity contribution in [3.05, 3.63) is 101 Å². The molecule has 0 aliphatic rings. The monoisotopic (exact) mass is 748 g/mol. The molecular weight excluding hydrogens is 693 g/mol. The van der Waals surface area contributed by atoms with Crippen molar-refractivity contribution in [2.45, 2.75) is 72.0 Å². The zero-order chi connectivity index (χ0) is 39.1. The number of anilines is 1. The molecule has 3 aromatic carbocycles. The highest BCUT2D eigenvalue weighted by Gasteiger charge is 2.27. The Balaban J connectivity index is 1.89. The first-order chi connectivity index (χ1) is 25.1. The van der Waals surface area contributed by atoms with E-state index in [1.165, 1.54) is 25.2 Å². The summed E-state index contributed by atoms with van der Waals surface area (Å²) in [5.74, 6) is -1.56. The molecule has 288 valence electrons. The van der Waals surface area contributed by atoms with E-state index in [2.05, 4.69) is 21.3 Å². The quantitative estimate of drug-likeness (QED) is 0.137. The zero-order valence-electron chi connectivity index (χ0n) is 32.0. The van der Waals surface area contributed by atoms with E-state index in [0.717, 1.165) is 21.7 Å². The summed E-state index contributed by atoms with van der Waals surface area (Å²) in [5.41, 5.74) is 2.52. The van der Waals surface area contributed by atoms with Gasteiger partial charge in [0, 0.05) is 50.4 Å². The third-order valence-electron chi connectivity index (χ3n) is 8.90. The molecule has 0 aromatic heterocycles. The molecule has 3 aromatic rings. The first-order valence-electron chi connectivity index (χ1n) is 18.2. The van der Waals surface area contributed by atoms with Crippen LogP contribution in [0.5, 0.6) is 0 Å². The first kappa shape index (κ1) is 42.7. The van der Waals surface area contributed by atoms with Crippen LogP contribution in [0.4, 0.5) is 5.69 Å². The van der Waals surface area contributed by atoms with Crippen molar-refractivity contribution in [2.75, 3.05) is 43.8 Å². The van der Waals surface area contributed by atoms with E-state index in [1.807, 2.05) is 88.4 Å². The van der Waals surface area contributed by atoms with Crippen molar-refractivity contribution in [1.82, 2.24) is 26.2 Å². The van der Waals surface area contributed by atoms with E-state index in [4.69, 9.17) is 0 Å². The summed E-state index contributed by atoms with van der Waals surface area (Å²) in [7, 11) is -2.35. The van der Waals surface area contributed by atoms with E-state index in [-0.39, 0.29) is 47.0 Å². The molecule has 0 saturated carbocycles. The van der Waals surface area contributed by atoms with Crippen LogP contribution in [0.3, 0.4) is 0 Å². The predicted molar refractivity (Wildman–Crippen MR) is 210 cm³/mol. The Hall–Kier alpha value is -4.75. The smallest absolute Gasteiger partial charge is 0.253 e. The molecule has 53 heavy (non-hydrogen) atoms. The highest BCUT2D eigenvalue weighted by molar-refractivity contribution is 7.92. The molecule has 0 saturated heterocycles. The number of amides is 4. The van der Waals surface area contributed by atoms with Gasteiger partial charge in [-0.15, -0.1) is 0 Å². The molecule has 0 fully saturated rings. The van der Waals surface area contributed by atoms with Crippen LogP contribution in [-0.4, -0.2) is 94.6 Å². The van der Waals surface area contributed by atoms with Crippen LogP contribution in [0.25, 0.3) is 0 Å². The molecule has 0 unspecified atom stereocenters. The Morgan fingerprint density at radius 1 is 0.774 bits per heavy atom. The lowest BCUT2D eigenvalue weighted by molar-refractivity contribution is -0.130. The first-order valence-corrected chi connectivity index (χ1v) is 20.1. The molecule has 0 spiro atoms. The minimum Gasteiger partial charge on any atom is -0.355 e. The topological polar surface area (TPSA) is 157 Å². The lowest BCUT2D eigenvalue weighted by Gasteiger charge is -2.26. The molecular formula is C40H56N6O6S. The SMILES string of the molecule is CCCN(CCc1ccccc1)C(=O)c1cc(C(=O)N[C@H](CN[C@@H](C)C(=O)N[C@H](C(=O)NCC)C(C)C)Cc2ccccc2)cc(N(C)S(C)(=O)=O)c1. The van der Waals surface area contributed by atoms with Crippen molar-refractivity contribution in [3.63, 3.8) is 0 Å². The van der Waals surface area contributed by atoms with Gasteiger partial charge in [0.05, 0.1) is 18.0 Å². The van der Waals surface area contributed by atoms with Crippen LogP contribution in [0.2, 0.25) is 0 Å². The Morgan fingerprint density at radius 3 is 1.94 bits per heavy atom. The maximum atomic E-state index is 14.0. The Kier molecular flexibility index (Phi) is 16.5. The summed E-state index contributed by atoms with van der Waals surface area (Å²) >= 11 is 0. The Bertz CT molecular complexity index is 1770. The van der Waals surface area contributed by atoms with Gasteiger partial charge >= 0.3 is 0 Å². The number of nitrogens with one attached hydrogen (secondary N) is 4. The maximum Gasteiger partial charge on any atom is 0.253 e. The lowest BCUT2D eigenvalue weighted by Crippen LogP contribution is -2.55. The zero-order valence-corrected chi connectivity index (χ0v) is 32.8. The molecule has 0 aliphatic carbocycles. The fraction of sp³-hybridized carbons (Fsp3) is 0.450. The summed E-state index contributed by atoms with van der Waals surface area (Å²) in [6, 6.07) is 21.9. The normalized spacial score (nSPS) is 13.1. The molecule has 12 nitrogen and oxygen atoms in total. The number of likely N-dealkylation sites (N-methyl/N-ethyl adjacent to an activating group) is 1. The van der Waals surface area contributed by atoms with Crippen molar-refractivity contribution in [3.8, 4) is 0 Å². The van der Waals surface area contributed by atoms with E-state index in [9.17, 15) is 27.6 Å². The number of benzene rings is 3. The summed E-state index contributed by atoms with van der Waals surface area (Å²) in [6.45, 7) is 10.8. The van der Waals surface area contributed by atoms with Gasteiger partial charge in [-0.1, -0.05) is 81.4 Å². The Morgan fingerprint density at radius 2 is 1.38 bits per heavy atom. The molecule has 4 N–H and O–H groups in total. The van der Waals surface area contributed by atoms with Crippen LogP contribution in [0, 0.1) is 5.92 Å². The standard InChI is InChI=1S/C40H56N6O6S/c1-8-21-46(22-20-30-16-12-10-13-17-30)40(50)33-24-32(25-35(26-33)45(6)53(7,51)52)38(48)43-34(23-31-18-14-11-15-19-31)27-42-29(5)37(47)44-36(28(3)4)39(49)41-9-2/h10-19,24-26,28-29,34,36,42H,8-9,20-23,27H2,1-7H3,(H,41,49)(H,43,48)(H,44,47)/t29-,34-,36-/m0/s1. The number of nitrogens with zero attached hydrogens (tertiary/aromatic N) is 2. The van der Waals surface area contributed by atoms with Crippen molar-refractivity contribution >= 4 is 39.3 Å². The predicted octanol–water partition coefficient (Wildman–Crippen LogP) is 3.77. The van der Waals surface area contributed by atoms with Gasteiger partial charge in [-0.05, 0) is 68.4 Å². The third-order valence-corrected chi connectivity index (χ3v) is 10.1. The van der Waals surface area contributed by atoms with Gasteiger partial charge in [-0.3, -0.25) is 23.5 Å². The second-order valence-corrected chi connectivity index (χ2v) is 15.7. The number of carbonyl (C=O) groups excluding carboxylic acids is 4. The molecule has 3 atom stereocenters. The molecule has 0 radical (unpaired) electrons. The average Bonchev–Trinajstić information content (AvgIpc) is 3.13. The second kappa shape index (κ2) is 20.5. The third kappa shape index (κ3) is 13.3. The van der Waals surface area contributed by atoms with E-state index in [0.29, 0.717) is 38.9 Å². The molecule has 3 rings (SSSR count). The van der Waals surface area contributed by atoms with Gasteiger partial charge in [0.1, 0.15) is 6.04 Å². The lowest BCUT2D eigenvalue weighted by atomic mass is 10.0. The van der Waals surface area contributed by atoms with E-state index < -0.39 is 34.1 Å². The van der Waals surface area contributed by atoms with E-state index >= 15 is 0 Å². The second-order valence-electron chi connectivity index (χ2n) is 13.6. The van der Waals surface area contributed by atoms with Gasteiger partial charge in [0.2, 0.25) is 21.8 Å². The minimum atomic E-state index is -3.73. The van der Waals surface area contributed by atoms with Gasteiger partial charge in [0.25, 0.3) is 11.8 Å². The van der Waals surface area contributed by atoms with Gasteiger partial charge < -0.3 is 26.2 Å². The molecule has 0 aliphatic heterocycles. The average molecular weight is 749 g/mol. The van der Waals surface area contributed by atoms with Crippen molar-refractivity contribution < 1.29 is 27.6 Å². The number of hydrogen-bond acceptors (Lipinski definition) is 7. The summed E-state index contributed by atoms with van der Waals surface area (Å²) < 4.78 is 26.3. The van der Waals surface area contributed by atoms with Crippen LogP contribution >= 0.6 is 0 Å². The van der Waals surface area contributed by atoms with Crippen molar-refractivity contribution in [1.29, 1.82) is 0 Å². The largest absolute Gasteiger partial charge is 0.355 e. The Labute approximate surface area is 315 Å². The van der Waals surface area contributed by atoms with Gasteiger partial charge in [-0.25, -0.2) is 8.42 Å². The highest BCUT2D eigenvalue weighted by atomic mass is 32.2. The van der Waals surface area contributed by atoms with Crippen molar-refractivity contribution in [2.24, 2.45) is 5.92 Å². The summed E-state index contributed by atoms with van der Waals surface area (Å²) in [4.78, 5) is 55.5.